The van der Waals surface area contributed by atoms with Gasteiger partial charge in [0.25, 0.3) is 0 Å². The molecule has 1 aromatic carbocycles. The summed E-state index contributed by atoms with van der Waals surface area (Å²) in [4.78, 5) is 31.8. The van der Waals surface area contributed by atoms with Crippen molar-refractivity contribution in [2.75, 3.05) is 32.7 Å². The van der Waals surface area contributed by atoms with Gasteiger partial charge in [0.1, 0.15) is 0 Å². The van der Waals surface area contributed by atoms with E-state index < -0.39 is 0 Å². The molecular formula is C28H38ClN3O2S. The maximum Gasteiger partial charge on any atom is 0.223 e. The maximum absolute atomic E-state index is 13.6. The zero-order valence-electron chi connectivity index (χ0n) is 21.4. The summed E-state index contributed by atoms with van der Waals surface area (Å²) in [5.74, 6) is 0.772. The molecule has 0 aliphatic carbocycles. The first-order valence-corrected chi connectivity index (χ1v) is 14.0. The van der Waals surface area contributed by atoms with Gasteiger partial charge in [-0.25, -0.2) is 0 Å². The Morgan fingerprint density at radius 1 is 1.03 bits per heavy atom. The Morgan fingerprint density at radius 3 is 2.29 bits per heavy atom. The Kier molecular flexibility index (Phi) is 8.24. The number of likely N-dealkylation sites (tertiary alicyclic amines) is 1. The third-order valence-electron chi connectivity index (χ3n) is 7.66. The molecule has 0 radical (unpaired) electrons. The zero-order chi connectivity index (χ0) is 25.2. The fourth-order valence-corrected chi connectivity index (χ4v) is 6.39. The SMILES string of the molecule is CC(=O)N1CCC(CC(=O)N2CCN(C(c3ccc(Cl)cc3)c3ccsc3)C[C@@H]2C(C)(C)C)CC1. The number of hydrogen-bond donors (Lipinski definition) is 0. The number of benzene rings is 1. The molecule has 7 heteroatoms. The number of carbonyl (C=O) groups is 2. The molecule has 2 fully saturated rings. The second kappa shape index (κ2) is 11.0. The third kappa shape index (κ3) is 6.28. The lowest BCUT2D eigenvalue weighted by Crippen LogP contribution is -2.60. The van der Waals surface area contributed by atoms with Gasteiger partial charge in [-0.2, -0.15) is 11.3 Å². The first-order valence-electron chi connectivity index (χ1n) is 12.7. The number of rotatable bonds is 5. The van der Waals surface area contributed by atoms with Gasteiger partial charge in [-0.15, -0.1) is 0 Å². The topological polar surface area (TPSA) is 43.9 Å². The van der Waals surface area contributed by atoms with Crippen LogP contribution in [0.2, 0.25) is 5.02 Å². The number of piperidine rings is 1. The van der Waals surface area contributed by atoms with Crippen LogP contribution in [0.15, 0.2) is 41.1 Å². The molecule has 2 amide bonds. The third-order valence-corrected chi connectivity index (χ3v) is 8.62. The normalized spacial score (nSPS) is 21.2. The van der Waals surface area contributed by atoms with Crippen LogP contribution in [0, 0.1) is 11.3 Å². The van der Waals surface area contributed by atoms with E-state index in [1.54, 1.807) is 18.3 Å². The van der Waals surface area contributed by atoms with Crippen LogP contribution in [0.4, 0.5) is 0 Å². The lowest BCUT2D eigenvalue weighted by Gasteiger charge is -2.49. The first-order chi connectivity index (χ1) is 16.6. The van der Waals surface area contributed by atoms with Crippen LogP contribution in [0.5, 0.6) is 0 Å². The molecular weight excluding hydrogens is 478 g/mol. The van der Waals surface area contributed by atoms with Crippen LogP contribution in [0.3, 0.4) is 0 Å². The van der Waals surface area contributed by atoms with E-state index in [0.29, 0.717) is 12.3 Å². The minimum atomic E-state index is -0.0362. The van der Waals surface area contributed by atoms with Crippen molar-refractivity contribution in [2.45, 2.75) is 59.0 Å². The Labute approximate surface area is 219 Å². The summed E-state index contributed by atoms with van der Waals surface area (Å²) in [6.07, 6.45) is 2.42. The largest absolute Gasteiger partial charge is 0.343 e. The van der Waals surface area contributed by atoms with Gasteiger partial charge in [-0.05, 0) is 64.3 Å². The van der Waals surface area contributed by atoms with Crippen LogP contribution < -0.4 is 0 Å². The van der Waals surface area contributed by atoms with Gasteiger partial charge in [-0.1, -0.05) is 44.5 Å². The van der Waals surface area contributed by atoms with Gasteiger partial charge in [0, 0.05) is 57.1 Å². The highest BCUT2D eigenvalue weighted by Gasteiger charge is 2.40. The van der Waals surface area contributed by atoms with Crippen molar-refractivity contribution in [1.82, 2.24) is 14.7 Å². The van der Waals surface area contributed by atoms with Crippen LogP contribution in [-0.4, -0.2) is 65.3 Å². The van der Waals surface area contributed by atoms with Gasteiger partial charge >= 0.3 is 0 Å². The molecule has 2 atom stereocenters. The summed E-state index contributed by atoms with van der Waals surface area (Å²) in [6, 6.07) is 10.7. The lowest BCUT2D eigenvalue weighted by molar-refractivity contribution is -0.141. The molecule has 1 aromatic heterocycles. The quantitative estimate of drug-likeness (QED) is 0.513. The molecule has 3 heterocycles. The van der Waals surface area contributed by atoms with E-state index in [-0.39, 0.29) is 29.3 Å². The van der Waals surface area contributed by atoms with Crippen molar-refractivity contribution < 1.29 is 9.59 Å². The Bertz CT molecular complexity index is 994. The molecule has 0 saturated carbocycles. The second-order valence-electron chi connectivity index (χ2n) is 11.1. The van der Waals surface area contributed by atoms with Gasteiger partial charge in [0.05, 0.1) is 6.04 Å². The monoisotopic (exact) mass is 515 g/mol. The molecule has 4 rings (SSSR count). The van der Waals surface area contributed by atoms with Gasteiger partial charge in [0.15, 0.2) is 0 Å². The number of hydrogen-bond acceptors (Lipinski definition) is 4. The summed E-state index contributed by atoms with van der Waals surface area (Å²) in [5.41, 5.74) is 2.49. The second-order valence-corrected chi connectivity index (χ2v) is 12.3. The van der Waals surface area contributed by atoms with Gasteiger partial charge in [-0.3, -0.25) is 14.5 Å². The predicted octanol–water partition coefficient (Wildman–Crippen LogP) is 5.70. The van der Waals surface area contributed by atoms with Crippen molar-refractivity contribution in [3.05, 3.63) is 57.2 Å². The molecule has 0 bridgehead atoms. The fraction of sp³-hybridized carbons (Fsp3) is 0.571. The van der Waals surface area contributed by atoms with Crippen molar-refractivity contribution in [1.29, 1.82) is 0 Å². The summed E-state index contributed by atoms with van der Waals surface area (Å²) in [5, 5.41) is 5.11. The highest BCUT2D eigenvalue weighted by Crippen LogP contribution is 2.36. The number of carbonyl (C=O) groups excluding carboxylic acids is 2. The number of piperazine rings is 1. The minimum Gasteiger partial charge on any atom is -0.343 e. The molecule has 0 spiro atoms. The van der Waals surface area contributed by atoms with E-state index in [2.05, 4.69) is 59.5 Å². The molecule has 1 unspecified atom stereocenters. The summed E-state index contributed by atoms with van der Waals surface area (Å²) in [7, 11) is 0. The standard InChI is InChI=1S/C28H38ClN3O2S/c1-20(33)30-12-9-21(10-13-30)17-26(34)32-15-14-31(18-25(32)28(2,3)4)27(23-11-16-35-19-23)22-5-7-24(29)8-6-22/h5-8,11,16,19,21,25,27H,9-10,12-15,17-18H2,1-4H3/t25-,27?/m1/s1. The summed E-state index contributed by atoms with van der Waals surface area (Å²) in [6.45, 7) is 12.3. The lowest BCUT2D eigenvalue weighted by atomic mass is 9.82. The molecule has 2 aliphatic rings. The minimum absolute atomic E-state index is 0.0362. The molecule has 190 valence electrons. The van der Waals surface area contributed by atoms with E-state index in [9.17, 15) is 9.59 Å². The maximum atomic E-state index is 13.6. The molecule has 0 N–H and O–H groups in total. The Balaban J connectivity index is 1.50. The van der Waals surface area contributed by atoms with Crippen LogP contribution in [0.1, 0.15) is 64.1 Å². The fourth-order valence-electron chi connectivity index (χ4n) is 5.58. The Morgan fingerprint density at radius 2 is 1.71 bits per heavy atom. The van der Waals surface area contributed by atoms with Crippen molar-refractivity contribution in [3.8, 4) is 0 Å². The number of nitrogens with zero attached hydrogens (tertiary/aromatic N) is 3. The highest BCUT2D eigenvalue weighted by atomic mass is 35.5. The number of thiophene rings is 1. The number of amides is 2. The van der Waals surface area contributed by atoms with Crippen LogP contribution >= 0.6 is 22.9 Å². The average Bonchev–Trinajstić information content (AvgIpc) is 3.34. The highest BCUT2D eigenvalue weighted by molar-refractivity contribution is 7.08. The molecule has 2 saturated heterocycles. The summed E-state index contributed by atoms with van der Waals surface area (Å²) >= 11 is 7.91. The molecule has 2 aromatic rings. The van der Waals surface area contributed by atoms with Gasteiger partial charge < -0.3 is 9.80 Å². The van der Waals surface area contributed by atoms with Crippen LogP contribution in [-0.2, 0) is 9.59 Å². The number of halogens is 1. The molecule has 35 heavy (non-hydrogen) atoms. The van der Waals surface area contributed by atoms with E-state index in [1.165, 1.54) is 11.1 Å². The van der Waals surface area contributed by atoms with Crippen molar-refractivity contribution in [2.24, 2.45) is 11.3 Å². The summed E-state index contributed by atoms with van der Waals surface area (Å²) < 4.78 is 0. The first kappa shape index (κ1) is 26.2. The van der Waals surface area contributed by atoms with E-state index in [4.69, 9.17) is 11.6 Å². The smallest absolute Gasteiger partial charge is 0.223 e. The predicted molar refractivity (Wildman–Crippen MR) is 144 cm³/mol. The molecule has 5 nitrogen and oxygen atoms in total. The van der Waals surface area contributed by atoms with E-state index in [0.717, 1.165) is 50.6 Å². The Hall–Kier alpha value is -1.89. The van der Waals surface area contributed by atoms with E-state index in [1.807, 2.05) is 17.0 Å². The van der Waals surface area contributed by atoms with Crippen molar-refractivity contribution in [3.63, 3.8) is 0 Å². The van der Waals surface area contributed by atoms with Gasteiger partial charge in [0.2, 0.25) is 11.8 Å². The average molecular weight is 516 g/mol. The molecule has 2 aliphatic heterocycles. The van der Waals surface area contributed by atoms with E-state index >= 15 is 0 Å². The van der Waals surface area contributed by atoms with Crippen molar-refractivity contribution >= 4 is 34.8 Å². The zero-order valence-corrected chi connectivity index (χ0v) is 22.9. The van der Waals surface area contributed by atoms with Crippen LogP contribution in [0.25, 0.3) is 0 Å².